The van der Waals surface area contributed by atoms with Crippen LogP contribution in [0.15, 0.2) is 36.7 Å². The van der Waals surface area contributed by atoms with Gasteiger partial charge in [0.25, 0.3) is 0 Å². The summed E-state index contributed by atoms with van der Waals surface area (Å²) in [4.78, 5) is 18.8. The zero-order valence-corrected chi connectivity index (χ0v) is 13.5. The molecule has 5 heteroatoms. The van der Waals surface area contributed by atoms with Crippen molar-refractivity contribution in [2.75, 3.05) is 13.1 Å². The molecule has 1 unspecified atom stereocenters. The topological polar surface area (TPSA) is 38.1 Å². The number of hydrogen-bond donors (Lipinski definition) is 0. The number of imidazole rings is 1. The molecule has 0 radical (unpaired) electrons. The van der Waals surface area contributed by atoms with Crippen molar-refractivity contribution < 1.29 is 4.79 Å². The molecule has 0 aliphatic carbocycles. The summed E-state index contributed by atoms with van der Waals surface area (Å²) in [6.07, 6.45) is 6.37. The number of amides is 1. The second-order valence-electron chi connectivity index (χ2n) is 5.82. The normalized spacial score (nSPS) is 18.5. The number of nitrogens with zero attached hydrogens (tertiary/aromatic N) is 3. The SMILES string of the molecule is Cc1nccn1C1CCCN(C(=O)Cc2cccc(Cl)c2)C1. The summed E-state index contributed by atoms with van der Waals surface area (Å²) >= 11 is 5.99. The molecule has 3 rings (SSSR count). The van der Waals surface area contributed by atoms with Crippen LogP contribution in [0.4, 0.5) is 0 Å². The third kappa shape index (κ3) is 3.33. The molecule has 1 atom stereocenters. The van der Waals surface area contributed by atoms with Crippen LogP contribution in [0, 0.1) is 6.92 Å². The summed E-state index contributed by atoms with van der Waals surface area (Å²) in [7, 11) is 0. The molecule has 116 valence electrons. The third-order valence-corrected chi connectivity index (χ3v) is 4.48. The first-order valence-corrected chi connectivity index (χ1v) is 8.03. The highest BCUT2D eigenvalue weighted by molar-refractivity contribution is 6.30. The minimum Gasteiger partial charge on any atom is -0.340 e. The van der Waals surface area contributed by atoms with Crippen molar-refractivity contribution in [1.82, 2.24) is 14.5 Å². The van der Waals surface area contributed by atoms with E-state index in [2.05, 4.69) is 9.55 Å². The average Bonchev–Trinajstić information content (AvgIpc) is 2.93. The number of halogens is 1. The van der Waals surface area contributed by atoms with Crippen molar-refractivity contribution in [3.05, 3.63) is 53.1 Å². The minimum absolute atomic E-state index is 0.171. The van der Waals surface area contributed by atoms with E-state index >= 15 is 0 Å². The predicted octanol–water partition coefficient (Wildman–Crippen LogP) is 3.25. The van der Waals surface area contributed by atoms with E-state index in [-0.39, 0.29) is 5.91 Å². The molecule has 0 N–H and O–H groups in total. The van der Waals surface area contributed by atoms with Gasteiger partial charge in [-0.1, -0.05) is 23.7 Å². The molecule has 22 heavy (non-hydrogen) atoms. The van der Waals surface area contributed by atoms with Gasteiger partial charge in [0.05, 0.1) is 12.5 Å². The number of likely N-dealkylation sites (tertiary alicyclic amines) is 1. The molecular formula is C17H20ClN3O. The fraction of sp³-hybridized carbons (Fsp3) is 0.412. The molecule has 0 spiro atoms. The van der Waals surface area contributed by atoms with Gasteiger partial charge < -0.3 is 9.47 Å². The molecule has 1 aliphatic heterocycles. The number of hydrogen-bond acceptors (Lipinski definition) is 2. The molecule has 1 saturated heterocycles. The van der Waals surface area contributed by atoms with E-state index in [1.165, 1.54) is 0 Å². The highest BCUT2D eigenvalue weighted by Gasteiger charge is 2.25. The van der Waals surface area contributed by atoms with Gasteiger partial charge in [0.2, 0.25) is 5.91 Å². The summed E-state index contributed by atoms with van der Waals surface area (Å²) in [5, 5.41) is 0.677. The van der Waals surface area contributed by atoms with E-state index in [4.69, 9.17) is 11.6 Å². The van der Waals surface area contributed by atoms with Gasteiger partial charge in [0, 0.05) is 30.5 Å². The third-order valence-electron chi connectivity index (χ3n) is 4.25. The van der Waals surface area contributed by atoms with Gasteiger partial charge >= 0.3 is 0 Å². The van der Waals surface area contributed by atoms with Gasteiger partial charge in [-0.15, -0.1) is 0 Å². The number of carbonyl (C=O) groups excluding carboxylic acids is 1. The molecule has 0 bridgehead atoms. The predicted molar refractivity (Wildman–Crippen MR) is 87.0 cm³/mol. The van der Waals surface area contributed by atoms with Crippen molar-refractivity contribution in [2.24, 2.45) is 0 Å². The van der Waals surface area contributed by atoms with E-state index in [1.807, 2.05) is 48.5 Å². The second kappa shape index (κ2) is 6.53. The summed E-state index contributed by atoms with van der Waals surface area (Å²) < 4.78 is 2.18. The molecule has 1 aromatic heterocycles. The Morgan fingerprint density at radius 1 is 1.45 bits per heavy atom. The van der Waals surface area contributed by atoms with Crippen LogP contribution in [0.2, 0.25) is 5.02 Å². The Morgan fingerprint density at radius 2 is 2.32 bits per heavy atom. The highest BCUT2D eigenvalue weighted by Crippen LogP contribution is 2.23. The molecule has 4 nitrogen and oxygen atoms in total. The zero-order chi connectivity index (χ0) is 15.5. The van der Waals surface area contributed by atoms with Gasteiger partial charge in [0.1, 0.15) is 5.82 Å². The maximum absolute atomic E-state index is 12.5. The number of piperidine rings is 1. The Morgan fingerprint density at radius 3 is 3.05 bits per heavy atom. The lowest BCUT2D eigenvalue weighted by atomic mass is 10.0. The first-order valence-electron chi connectivity index (χ1n) is 7.65. The van der Waals surface area contributed by atoms with Crippen molar-refractivity contribution in [3.63, 3.8) is 0 Å². The number of aromatic nitrogens is 2. The van der Waals surface area contributed by atoms with Gasteiger partial charge in [0.15, 0.2) is 0 Å². The molecular weight excluding hydrogens is 298 g/mol. The maximum Gasteiger partial charge on any atom is 0.227 e. The maximum atomic E-state index is 12.5. The van der Waals surface area contributed by atoms with Gasteiger partial charge in [-0.05, 0) is 37.5 Å². The zero-order valence-electron chi connectivity index (χ0n) is 12.7. The Balaban J connectivity index is 1.67. The van der Waals surface area contributed by atoms with Crippen LogP contribution >= 0.6 is 11.6 Å². The Kier molecular flexibility index (Phi) is 4.48. The standard InChI is InChI=1S/C17H20ClN3O/c1-13-19-7-9-21(13)16-6-3-8-20(12-16)17(22)11-14-4-2-5-15(18)10-14/h2,4-5,7,9-10,16H,3,6,8,11-12H2,1H3. The van der Waals surface area contributed by atoms with Gasteiger partial charge in [-0.2, -0.15) is 0 Å². The van der Waals surface area contributed by atoms with Crippen LogP contribution in [0.1, 0.15) is 30.3 Å². The minimum atomic E-state index is 0.171. The molecule has 1 aromatic carbocycles. The molecule has 1 fully saturated rings. The first-order chi connectivity index (χ1) is 10.6. The summed E-state index contributed by atoms with van der Waals surface area (Å²) in [6, 6.07) is 7.86. The van der Waals surface area contributed by atoms with Crippen molar-refractivity contribution >= 4 is 17.5 Å². The van der Waals surface area contributed by atoms with E-state index < -0.39 is 0 Å². The van der Waals surface area contributed by atoms with E-state index in [0.29, 0.717) is 17.5 Å². The molecule has 2 aromatic rings. The lowest BCUT2D eigenvalue weighted by Crippen LogP contribution is -2.41. The highest BCUT2D eigenvalue weighted by atomic mass is 35.5. The van der Waals surface area contributed by atoms with Crippen LogP contribution in [0.3, 0.4) is 0 Å². The van der Waals surface area contributed by atoms with Crippen molar-refractivity contribution in [2.45, 2.75) is 32.2 Å². The lowest BCUT2D eigenvalue weighted by Gasteiger charge is -2.34. The van der Waals surface area contributed by atoms with E-state index in [0.717, 1.165) is 37.3 Å². The molecule has 1 amide bonds. The van der Waals surface area contributed by atoms with Gasteiger partial charge in [-0.25, -0.2) is 4.98 Å². The van der Waals surface area contributed by atoms with Crippen LogP contribution in [0.25, 0.3) is 0 Å². The Bertz CT molecular complexity index is 667. The van der Waals surface area contributed by atoms with Crippen molar-refractivity contribution in [3.8, 4) is 0 Å². The van der Waals surface area contributed by atoms with Gasteiger partial charge in [-0.3, -0.25) is 4.79 Å². The van der Waals surface area contributed by atoms with Crippen LogP contribution in [-0.4, -0.2) is 33.4 Å². The fourth-order valence-corrected chi connectivity index (χ4v) is 3.33. The number of benzene rings is 1. The molecule has 2 heterocycles. The van der Waals surface area contributed by atoms with E-state index in [1.54, 1.807) is 0 Å². The smallest absolute Gasteiger partial charge is 0.227 e. The first kappa shape index (κ1) is 15.1. The van der Waals surface area contributed by atoms with E-state index in [9.17, 15) is 4.79 Å². The second-order valence-corrected chi connectivity index (χ2v) is 6.26. The molecule has 0 saturated carbocycles. The van der Waals surface area contributed by atoms with Crippen LogP contribution in [0.5, 0.6) is 0 Å². The largest absolute Gasteiger partial charge is 0.340 e. The summed E-state index contributed by atoms with van der Waals surface area (Å²) in [5.74, 6) is 1.18. The van der Waals surface area contributed by atoms with Crippen LogP contribution < -0.4 is 0 Å². The number of rotatable bonds is 3. The molecule has 1 aliphatic rings. The Labute approximate surface area is 135 Å². The quantitative estimate of drug-likeness (QED) is 0.871. The van der Waals surface area contributed by atoms with Crippen molar-refractivity contribution in [1.29, 1.82) is 0 Å². The lowest BCUT2D eigenvalue weighted by molar-refractivity contribution is -0.132. The summed E-state index contributed by atoms with van der Waals surface area (Å²) in [6.45, 7) is 3.60. The van der Waals surface area contributed by atoms with Crippen LogP contribution in [-0.2, 0) is 11.2 Å². The Hall–Kier alpha value is -1.81. The monoisotopic (exact) mass is 317 g/mol. The summed E-state index contributed by atoms with van der Waals surface area (Å²) in [5.41, 5.74) is 0.971. The number of aryl methyl sites for hydroxylation is 1. The number of carbonyl (C=O) groups is 1. The fourth-order valence-electron chi connectivity index (χ4n) is 3.12. The average molecular weight is 318 g/mol.